The van der Waals surface area contributed by atoms with E-state index in [4.69, 9.17) is 28.2 Å². The van der Waals surface area contributed by atoms with Crippen molar-refractivity contribution >= 4 is 40.4 Å². The van der Waals surface area contributed by atoms with Gasteiger partial charge in [0.15, 0.2) is 11.6 Å². The first kappa shape index (κ1) is 21.1. The largest absolute Gasteiger partial charge is 0.327 e. The van der Waals surface area contributed by atoms with Gasteiger partial charge < -0.3 is 9.47 Å². The Balaban J connectivity index is 1.42. The number of hydrogen-bond donors (Lipinski definition) is 0. The number of amides is 1. The van der Waals surface area contributed by atoms with E-state index in [0.717, 1.165) is 10.6 Å². The highest BCUT2D eigenvalue weighted by atomic mass is 35.5. The molecule has 0 saturated carbocycles. The van der Waals surface area contributed by atoms with Crippen LogP contribution in [0, 0.1) is 5.82 Å². The summed E-state index contributed by atoms with van der Waals surface area (Å²) in [4.78, 5) is 19.4. The third-order valence-electron chi connectivity index (χ3n) is 5.43. The molecule has 0 N–H and O–H groups in total. The molecule has 162 valence electrons. The summed E-state index contributed by atoms with van der Waals surface area (Å²) in [5.41, 5.74) is 1.94. The smallest absolute Gasteiger partial charge is 0.254 e. The van der Waals surface area contributed by atoms with E-state index >= 15 is 0 Å². The van der Waals surface area contributed by atoms with Crippen molar-refractivity contribution in [2.45, 2.75) is 19.5 Å². The van der Waals surface area contributed by atoms with E-state index in [1.165, 1.54) is 35.6 Å². The van der Waals surface area contributed by atoms with E-state index in [1.807, 2.05) is 22.9 Å². The molecule has 1 aliphatic heterocycles. The van der Waals surface area contributed by atoms with Crippen LogP contribution in [0.15, 0.2) is 47.8 Å². The monoisotopic (exact) mass is 487 g/mol. The van der Waals surface area contributed by atoms with Crippen LogP contribution in [-0.4, -0.2) is 37.1 Å². The molecule has 1 aliphatic rings. The van der Waals surface area contributed by atoms with Crippen LogP contribution in [-0.2, 0) is 6.54 Å². The number of nitrogens with zero attached hydrogens (tertiary/aromatic N) is 5. The first-order valence-electron chi connectivity index (χ1n) is 9.83. The van der Waals surface area contributed by atoms with Crippen molar-refractivity contribution in [1.29, 1.82) is 0 Å². The molecule has 32 heavy (non-hydrogen) atoms. The highest BCUT2D eigenvalue weighted by Gasteiger charge is 2.32. The van der Waals surface area contributed by atoms with Crippen molar-refractivity contribution in [3.05, 3.63) is 75.1 Å². The number of hydrogen-bond acceptors (Lipinski definition) is 5. The number of benzene rings is 2. The third kappa shape index (κ3) is 3.68. The minimum atomic E-state index is -0.375. The highest BCUT2D eigenvalue weighted by Crippen LogP contribution is 2.35. The lowest BCUT2D eigenvalue weighted by Gasteiger charge is -2.33. The average molecular weight is 488 g/mol. The molecule has 0 aliphatic carbocycles. The summed E-state index contributed by atoms with van der Waals surface area (Å²) in [6.07, 6.45) is 0. The molecule has 0 unspecified atom stereocenters. The van der Waals surface area contributed by atoms with Gasteiger partial charge in [-0.1, -0.05) is 23.2 Å². The van der Waals surface area contributed by atoms with Crippen LogP contribution in [0.2, 0.25) is 10.0 Å². The number of fused-ring (bicyclic) bond motifs is 1. The van der Waals surface area contributed by atoms with Gasteiger partial charge in [-0.05, 0) is 49.4 Å². The predicted octanol–water partition coefficient (Wildman–Crippen LogP) is 5.73. The SMILES string of the molecule is C[C@@H]1c2nnc(-c3csc(-c4ccc(Cl)cc4Cl)n3)n2CCN1C(=O)c1ccc(F)cc1. The van der Waals surface area contributed by atoms with Gasteiger partial charge in [0.05, 0.1) is 11.1 Å². The maximum absolute atomic E-state index is 13.2. The summed E-state index contributed by atoms with van der Waals surface area (Å²) < 4.78 is 15.2. The molecule has 10 heteroatoms. The fourth-order valence-electron chi connectivity index (χ4n) is 3.77. The third-order valence-corrected chi connectivity index (χ3v) is 6.86. The van der Waals surface area contributed by atoms with E-state index in [-0.39, 0.29) is 17.8 Å². The molecule has 2 aromatic heterocycles. The van der Waals surface area contributed by atoms with Gasteiger partial charge >= 0.3 is 0 Å². The van der Waals surface area contributed by atoms with E-state index in [1.54, 1.807) is 17.0 Å². The summed E-state index contributed by atoms with van der Waals surface area (Å²) in [5, 5.41) is 12.5. The van der Waals surface area contributed by atoms with E-state index in [2.05, 4.69) is 10.2 Å². The molecule has 4 aromatic rings. The molecule has 5 rings (SSSR count). The van der Waals surface area contributed by atoms with Crippen LogP contribution in [0.3, 0.4) is 0 Å². The van der Waals surface area contributed by atoms with Crippen LogP contribution in [0.5, 0.6) is 0 Å². The average Bonchev–Trinajstić information content (AvgIpc) is 3.41. The summed E-state index contributed by atoms with van der Waals surface area (Å²) in [7, 11) is 0. The summed E-state index contributed by atoms with van der Waals surface area (Å²) >= 11 is 13.8. The molecule has 6 nitrogen and oxygen atoms in total. The molecule has 2 aromatic carbocycles. The van der Waals surface area contributed by atoms with Crippen molar-refractivity contribution in [3.63, 3.8) is 0 Å². The maximum Gasteiger partial charge on any atom is 0.254 e. The Kier molecular flexibility index (Phi) is 5.44. The lowest BCUT2D eigenvalue weighted by molar-refractivity contribution is 0.0638. The quantitative estimate of drug-likeness (QED) is 0.370. The molecule has 3 heterocycles. The fraction of sp³-hybridized carbons (Fsp3) is 0.182. The van der Waals surface area contributed by atoms with Gasteiger partial charge in [-0.2, -0.15) is 0 Å². The minimum Gasteiger partial charge on any atom is -0.327 e. The van der Waals surface area contributed by atoms with Crippen LogP contribution in [0.4, 0.5) is 4.39 Å². The summed E-state index contributed by atoms with van der Waals surface area (Å²) in [5.74, 6) is 0.788. The highest BCUT2D eigenvalue weighted by molar-refractivity contribution is 7.13. The Hall–Kier alpha value is -2.81. The second kappa shape index (κ2) is 8.27. The number of carbonyl (C=O) groups excluding carboxylic acids is 1. The van der Waals surface area contributed by atoms with Crippen LogP contribution in [0.1, 0.15) is 29.1 Å². The lowest BCUT2D eigenvalue weighted by atomic mass is 10.1. The Morgan fingerprint density at radius 2 is 1.91 bits per heavy atom. The normalized spacial score (nSPS) is 15.6. The van der Waals surface area contributed by atoms with Crippen LogP contribution >= 0.6 is 34.5 Å². The molecule has 0 radical (unpaired) electrons. The second-order valence-corrected chi connectivity index (χ2v) is 9.08. The van der Waals surface area contributed by atoms with E-state index < -0.39 is 0 Å². The van der Waals surface area contributed by atoms with Crippen molar-refractivity contribution in [2.75, 3.05) is 6.54 Å². The fourth-order valence-corrected chi connectivity index (χ4v) is 5.17. The first-order valence-corrected chi connectivity index (χ1v) is 11.5. The molecule has 0 bridgehead atoms. The van der Waals surface area contributed by atoms with Crippen molar-refractivity contribution < 1.29 is 9.18 Å². The van der Waals surface area contributed by atoms with E-state index in [0.29, 0.717) is 46.0 Å². The number of thiazole rings is 1. The van der Waals surface area contributed by atoms with Crippen molar-refractivity contribution in [2.24, 2.45) is 0 Å². The zero-order valence-corrected chi connectivity index (χ0v) is 19.1. The van der Waals surface area contributed by atoms with Crippen LogP contribution in [0.25, 0.3) is 22.1 Å². The summed E-state index contributed by atoms with van der Waals surface area (Å²) in [6, 6.07) is 10.6. The number of aromatic nitrogens is 4. The van der Waals surface area contributed by atoms with Gasteiger partial charge in [0, 0.05) is 34.6 Å². The molecule has 1 atom stereocenters. The van der Waals surface area contributed by atoms with E-state index in [9.17, 15) is 9.18 Å². The number of carbonyl (C=O) groups is 1. The zero-order chi connectivity index (χ0) is 22.4. The van der Waals surface area contributed by atoms with Gasteiger partial charge in [-0.15, -0.1) is 21.5 Å². The Labute approximate surface area is 197 Å². The van der Waals surface area contributed by atoms with Gasteiger partial charge in [-0.3, -0.25) is 4.79 Å². The Morgan fingerprint density at radius 3 is 2.66 bits per heavy atom. The molecule has 0 spiro atoms. The first-order chi connectivity index (χ1) is 15.4. The Bertz CT molecular complexity index is 1320. The zero-order valence-electron chi connectivity index (χ0n) is 16.8. The van der Waals surface area contributed by atoms with Gasteiger partial charge in [0.2, 0.25) is 0 Å². The van der Waals surface area contributed by atoms with Gasteiger partial charge in [0.25, 0.3) is 5.91 Å². The van der Waals surface area contributed by atoms with Crippen molar-refractivity contribution in [3.8, 4) is 22.1 Å². The standard InChI is InChI=1S/C22H16Cl2FN5OS/c1-12-19-27-28-20(18-11-32-21(26-18)16-7-4-14(23)10-17(16)24)30(19)9-8-29(12)22(31)13-2-5-15(25)6-3-13/h2-7,10-12H,8-9H2,1H3/t12-/m1/s1. The number of halogens is 3. The maximum atomic E-state index is 13.2. The van der Waals surface area contributed by atoms with Gasteiger partial charge in [0.1, 0.15) is 16.5 Å². The topological polar surface area (TPSA) is 63.9 Å². The second-order valence-electron chi connectivity index (χ2n) is 7.38. The minimum absolute atomic E-state index is 0.165. The van der Waals surface area contributed by atoms with Gasteiger partial charge in [-0.25, -0.2) is 9.37 Å². The van der Waals surface area contributed by atoms with Crippen LogP contribution < -0.4 is 0 Å². The molecule has 0 fully saturated rings. The predicted molar refractivity (Wildman–Crippen MR) is 122 cm³/mol. The molecular formula is C22H16Cl2FN5OS. The summed E-state index contributed by atoms with van der Waals surface area (Å²) in [6.45, 7) is 2.92. The molecule has 1 amide bonds. The molecular weight excluding hydrogens is 472 g/mol. The lowest BCUT2D eigenvalue weighted by Crippen LogP contribution is -2.41. The molecule has 0 saturated heterocycles. The Morgan fingerprint density at radius 1 is 1.12 bits per heavy atom. The van der Waals surface area contributed by atoms with Crippen molar-refractivity contribution in [1.82, 2.24) is 24.6 Å². The number of rotatable bonds is 3.